The zero-order valence-corrected chi connectivity index (χ0v) is 16.3. The summed E-state index contributed by atoms with van der Waals surface area (Å²) in [6.45, 7) is -0.590. The summed E-state index contributed by atoms with van der Waals surface area (Å²) in [6, 6.07) is 32.6. The van der Waals surface area contributed by atoms with Crippen LogP contribution in [0.25, 0.3) is 0 Å². The lowest BCUT2D eigenvalue weighted by atomic mass is 10.2. The molecule has 0 aliphatic rings. The minimum absolute atomic E-state index is 0.538. The zero-order valence-electron chi connectivity index (χ0n) is 15.3. The first kappa shape index (κ1) is 19.1. The van der Waals surface area contributed by atoms with Crippen molar-refractivity contribution in [3.63, 3.8) is 0 Å². The molecular formula is C23H24O3Si. The van der Waals surface area contributed by atoms with E-state index in [0.29, 0.717) is 18.1 Å². The van der Waals surface area contributed by atoms with Gasteiger partial charge in [0.25, 0.3) is 8.32 Å². The van der Waals surface area contributed by atoms with Gasteiger partial charge in [-0.1, -0.05) is 91.0 Å². The number of hydrogen-bond donors (Lipinski definition) is 1. The molecule has 3 aromatic rings. The summed E-state index contributed by atoms with van der Waals surface area (Å²) in [5, 5.41) is 9.34. The second-order valence-corrected chi connectivity index (χ2v) is 10.4. The largest absolute Gasteiger partial charge is 0.516 e. The summed E-state index contributed by atoms with van der Waals surface area (Å²) in [5.74, 6) is -0.538. The SMILES string of the molecule is O=C(CO)O[Si](Cc1ccccc1)(Cc1ccccc1)Cc1ccccc1. The third kappa shape index (κ3) is 5.64. The molecule has 4 heteroatoms. The van der Waals surface area contributed by atoms with E-state index in [2.05, 4.69) is 36.4 Å². The molecule has 0 radical (unpaired) electrons. The van der Waals surface area contributed by atoms with Crippen molar-refractivity contribution >= 4 is 14.3 Å². The molecule has 0 bridgehead atoms. The highest BCUT2D eigenvalue weighted by molar-refractivity contribution is 6.73. The molecule has 0 atom stereocenters. The van der Waals surface area contributed by atoms with Crippen molar-refractivity contribution in [1.82, 2.24) is 0 Å². The molecule has 138 valence electrons. The molecule has 27 heavy (non-hydrogen) atoms. The summed E-state index contributed by atoms with van der Waals surface area (Å²) >= 11 is 0. The van der Waals surface area contributed by atoms with Crippen LogP contribution < -0.4 is 0 Å². The lowest BCUT2D eigenvalue weighted by molar-refractivity contribution is -0.138. The van der Waals surface area contributed by atoms with E-state index in [1.165, 1.54) is 0 Å². The summed E-state index contributed by atoms with van der Waals surface area (Å²) in [5.41, 5.74) is 3.46. The van der Waals surface area contributed by atoms with Gasteiger partial charge in [-0.3, -0.25) is 4.79 Å². The first-order valence-electron chi connectivity index (χ1n) is 9.14. The lowest BCUT2D eigenvalue weighted by Gasteiger charge is -2.31. The van der Waals surface area contributed by atoms with Crippen molar-refractivity contribution in [2.45, 2.75) is 18.1 Å². The molecule has 0 spiro atoms. The van der Waals surface area contributed by atoms with Crippen LogP contribution in [0.15, 0.2) is 91.0 Å². The zero-order chi connectivity index (χ0) is 19.0. The number of hydrogen-bond acceptors (Lipinski definition) is 3. The Bertz CT molecular complexity index is 734. The standard InChI is InChI=1S/C23H24O3Si/c24-16-23(25)26-27(17-20-10-4-1-5-11-20,18-21-12-6-2-7-13-21)19-22-14-8-3-9-15-22/h1-15,24H,16-19H2. The lowest BCUT2D eigenvalue weighted by Crippen LogP contribution is -2.49. The predicted molar refractivity (Wildman–Crippen MR) is 109 cm³/mol. The second kappa shape index (κ2) is 9.30. The van der Waals surface area contributed by atoms with E-state index in [1.807, 2.05) is 54.6 Å². The van der Waals surface area contributed by atoms with Crippen LogP contribution in [0, 0.1) is 0 Å². The molecule has 0 heterocycles. The molecule has 0 fully saturated rings. The minimum atomic E-state index is -2.61. The molecular weight excluding hydrogens is 352 g/mol. The number of aliphatic hydroxyl groups is 1. The first-order chi connectivity index (χ1) is 13.2. The molecule has 0 aliphatic heterocycles. The molecule has 0 saturated carbocycles. The van der Waals surface area contributed by atoms with Gasteiger partial charge >= 0.3 is 5.97 Å². The third-order valence-corrected chi connectivity index (χ3v) is 8.39. The molecule has 1 N–H and O–H groups in total. The van der Waals surface area contributed by atoms with Crippen LogP contribution in [0.3, 0.4) is 0 Å². The monoisotopic (exact) mass is 376 g/mol. The Kier molecular flexibility index (Phi) is 6.57. The van der Waals surface area contributed by atoms with Gasteiger partial charge in [0.05, 0.1) is 0 Å². The number of aliphatic hydroxyl groups excluding tert-OH is 1. The topological polar surface area (TPSA) is 46.5 Å². The summed E-state index contributed by atoms with van der Waals surface area (Å²) < 4.78 is 6.05. The van der Waals surface area contributed by atoms with E-state index in [4.69, 9.17) is 4.43 Å². The van der Waals surface area contributed by atoms with Gasteiger partial charge in [0.1, 0.15) is 6.61 Å². The Morgan fingerprint density at radius 3 is 1.30 bits per heavy atom. The van der Waals surface area contributed by atoms with Crippen molar-refractivity contribution in [1.29, 1.82) is 0 Å². The van der Waals surface area contributed by atoms with Gasteiger partial charge in [-0.25, -0.2) is 0 Å². The maximum atomic E-state index is 12.2. The molecule has 0 saturated heterocycles. The molecule has 3 aromatic carbocycles. The van der Waals surface area contributed by atoms with Crippen LogP contribution in [0.4, 0.5) is 0 Å². The summed E-state index contributed by atoms with van der Waals surface area (Å²) in [7, 11) is -2.61. The molecule has 0 unspecified atom stereocenters. The van der Waals surface area contributed by atoms with Crippen molar-refractivity contribution in [3.05, 3.63) is 108 Å². The fourth-order valence-electron chi connectivity index (χ4n) is 3.47. The van der Waals surface area contributed by atoms with Crippen molar-refractivity contribution in [2.75, 3.05) is 6.61 Å². The maximum absolute atomic E-state index is 12.2. The summed E-state index contributed by atoms with van der Waals surface area (Å²) in [6.07, 6.45) is 0. The van der Waals surface area contributed by atoms with Gasteiger partial charge in [0.2, 0.25) is 0 Å². The van der Waals surface area contributed by atoms with E-state index in [9.17, 15) is 9.90 Å². The van der Waals surface area contributed by atoms with Gasteiger partial charge in [0.15, 0.2) is 0 Å². The quantitative estimate of drug-likeness (QED) is 0.608. The normalized spacial score (nSPS) is 11.1. The van der Waals surface area contributed by atoms with E-state index in [-0.39, 0.29) is 0 Å². The van der Waals surface area contributed by atoms with Crippen molar-refractivity contribution < 1.29 is 14.3 Å². The number of benzene rings is 3. The van der Waals surface area contributed by atoms with Gasteiger partial charge in [-0.15, -0.1) is 0 Å². The van der Waals surface area contributed by atoms with Crippen molar-refractivity contribution in [2.24, 2.45) is 0 Å². The minimum Gasteiger partial charge on any atom is -0.516 e. The van der Waals surface area contributed by atoms with E-state index < -0.39 is 20.9 Å². The Hall–Kier alpha value is -2.69. The van der Waals surface area contributed by atoms with Crippen LogP contribution in [0.2, 0.25) is 0 Å². The maximum Gasteiger partial charge on any atom is 0.318 e. The first-order valence-corrected chi connectivity index (χ1v) is 11.7. The van der Waals surface area contributed by atoms with E-state index in [1.54, 1.807) is 0 Å². The molecule has 0 aromatic heterocycles. The highest BCUT2D eigenvalue weighted by Crippen LogP contribution is 2.24. The fourth-order valence-corrected chi connectivity index (χ4v) is 7.55. The van der Waals surface area contributed by atoms with Crippen LogP contribution in [0.1, 0.15) is 16.7 Å². The van der Waals surface area contributed by atoms with E-state index >= 15 is 0 Å². The third-order valence-electron chi connectivity index (χ3n) is 4.57. The molecule has 3 rings (SSSR count). The molecule has 0 aliphatic carbocycles. The van der Waals surface area contributed by atoms with Crippen LogP contribution in [0.5, 0.6) is 0 Å². The van der Waals surface area contributed by atoms with Gasteiger partial charge in [-0.05, 0) is 16.7 Å². The average molecular weight is 377 g/mol. The number of carbonyl (C=O) groups is 1. The average Bonchev–Trinajstić information content (AvgIpc) is 2.70. The van der Waals surface area contributed by atoms with Gasteiger partial charge in [-0.2, -0.15) is 0 Å². The Labute approximate surface area is 161 Å². The Morgan fingerprint density at radius 1 is 0.667 bits per heavy atom. The van der Waals surface area contributed by atoms with Gasteiger partial charge in [0, 0.05) is 18.1 Å². The Balaban J connectivity index is 1.99. The van der Waals surface area contributed by atoms with Crippen molar-refractivity contribution in [3.8, 4) is 0 Å². The van der Waals surface area contributed by atoms with Gasteiger partial charge < -0.3 is 9.53 Å². The Morgan fingerprint density at radius 2 is 1.00 bits per heavy atom. The van der Waals surface area contributed by atoms with Crippen LogP contribution in [-0.2, 0) is 27.4 Å². The summed E-state index contributed by atoms with van der Waals surface area (Å²) in [4.78, 5) is 12.2. The highest BCUT2D eigenvalue weighted by atomic mass is 28.4. The smallest absolute Gasteiger partial charge is 0.318 e. The molecule has 0 amide bonds. The highest BCUT2D eigenvalue weighted by Gasteiger charge is 2.39. The van der Waals surface area contributed by atoms with E-state index in [0.717, 1.165) is 16.7 Å². The number of rotatable bonds is 8. The fraction of sp³-hybridized carbons (Fsp3) is 0.174. The van der Waals surface area contributed by atoms with Crippen LogP contribution in [-0.4, -0.2) is 26.0 Å². The number of carbonyl (C=O) groups excluding carboxylic acids is 1. The molecule has 3 nitrogen and oxygen atoms in total. The second-order valence-electron chi connectivity index (χ2n) is 6.80. The predicted octanol–water partition coefficient (Wildman–Crippen LogP) is 3.81. The van der Waals surface area contributed by atoms with Crippen LogP contribution >= 0.6 is 0 Å².